The van der Waals surface area contributed by atoms with Crippen LogP contribution in [0.1, 0.15) is 6.92 Å². The number of nitrogens with one attached hydrogen (secondary N) is 1. The first-order valence-electron chi connectivity index (χ1n) is 3.25. The van der Waals surface area contributed by atoms with E-state index < -0.39 is 11.9 Å². The van der Waals surface area contributed by atoms with Gasteiger partial charge in [0.1, 0.15) is 0 Å². The van der Waals surface area contributed by atoms with Crippen molar-refractivity contribution in [2.75, 3.05) is 19.7 Å². The van der Waals surface area contributed by atoms with Crippen LogP contribution in [0.15, 0.2) is 0 Å². The molecule has 5 nitrogen and oxygen atoms in total. The van der Waals surface area contributed by atoms with E-state index in [4.69, 9.17) is 5.11 Å². The van der Waals surface area contributed by atoms with Gasteiger partial charge in [0, 0.05) is 0 Å². The Morgan fingerprint density at radius 3 is 2.55 bits per heavy atom. The third-order valence-electron chi connectivity index (χ3n) is 0.851. The molecule has 11 heavy (non-hydrogen) atoms. The summed E-state index contributed by atoms with van der Waals surface area (Å²) >= 11 is 0. The summed E-state index contributed by atoms with van der Waals surface area (Å²) in [6, 6.07) is 0. The average Bonchev–Trinajstić information content (AvgIpc) is 1.87. The molecule has 0 amide bonds. The summed E-state index contributed by atoms with van der Waals surface area (Å²) in [4.78, 5) is 20.5. The van der Waals surface area contributed by atoms with Gasteiger partial charge in [-0.05, 0) is 6.92 Å². The Hall–Kier alpha value is -1.10. The molecule has 64 valence electrons. The lowest BCUT2D eigenvalue weighted by Gasteiger charge is -2.00. The van der Waals surface area contributed by atoms with Crippen molar-refractivity contribution in [3.63, 3.8) is 0 Å². The van der Waals surface area contributed by atoms with Crippen LogP contribution in [-0.2, 0) is 14.3 Å². The van der Waals surface area contributed by atoms with Gasteiger partial charge < -0.3 is 9.84 Å². The normalized spacial score (nSPS) is 9.18. The monoisotopic (exact) mass is 161 g/mol. The predicted molar refractivity (Wildman–Crippen MR) is 37.1 cm³/mol. The number of aliphatic carboxylic acids is 1. The van der Waals surface area contributed by atoms with Gasteiger partial charge in [0.2, 0.25) is 0 Å². The molecule has 0 rings (SSSR count). The summed E-state index contributed by atoms with van der Waals surface area (Å²) in [5.74, 6) is -1.43. The number of carboxylic acid groups (broad SMARTS) is 1. The molecule has 0 fully saturated rings. The van der Waals surface area contributed by atoms with Crippen molar-refractivity contribution in [1.82, 2.24) is 5.32 Å². The zero-order chi connectivity index (χ0) is 8.69. The molecule has 0 aliphatic rings. The van der Waals surface area contributed by atoms with E-state index in [9.17, 15) is 9.59 Å². The molecule has 2 N–H and O–H groups in total. The fourth-order valence-electron chi connectivity index (χ4n) is 0.484. The van der Waals surface area contributed by atoms with Crippen molar-refractivity contribution in [3.8, 4) is 0 Å². The standard InChI is InChI=1S/C6H11NO4/c1-2-11-6(10)4-7-3-5(8)9/h7H,2-4H2,1H3,(H,8,9). The van der Waals surface area contributed by atoms with Gasteiger partial charge in [0.05, 0.1) is 19.7 Å². The minimum absolute atomic E-state index is 0.0554. The van der Waals surface area contributed by atoms with Gasteiger partial charge in [-0.15, -0.1) is 0 Å². The summed E-state index contributed by atoms with van der Waals surface area (Å²) < 4.78 is 4.53. The van der Waals surface area contributed by atoms with Crippen LogP contribution in [0.2, 0.25) is 0 Å². The molecular weight excluding hydrogens is 150 g/mol. The van der Waals surface area contributed by atoms with Crippen LogP contribution in [0.25, 0.3) is 0 Å². The number of ether oxygens (including phenoxy) is 1. The number of hydrogen-bond donors (Lipinski definition) is 2. The Kier molecular flexibility index (Phi) is 5.10. The van der Waals surface area contributed by atoms with Crippen LogP contribution in [0.3, 0.4) is 0 Å². The molecule has 0 atom stereocenters. The molecule has 0 aliphatic carbocycles. The van der Waals surface area contributed by atoms with Crippen molar-refractivity contribution in [3.05, 3.63) is 0 Å². The van der Waals surface area contributed by atoms with E-state index in [0.717, 1.165) is 0 Å². The van der Waals surface area contributed by atoms with E-state index in [1.54, 1.807) is 6.92 Å². The van der Waals surface area contributed by atoms with Crippen molar-refractivity contribution in [2.24, 2.45) is 0 Å². The second-order valence-electron chi connectivity index (χ2n) is 1.80. The maximum atomic E-state index is 10.5. The lowest BCUT2D eigenvalue weighted by atomic mass is 10.6. The highest BCUT2D eigenvalue weighted by molar-refractivity contribution is 5.73. The van der Waals surface area contributed by atoms with Crippen molar-refractivity contribution in [2.45, 2.75) is 6.92 Å². The average molecular weight is 161 g/mol. The third kappa shape index (κ3) is 6.79. The molecular formula is C6H11NO4. The van der Waals surface area contributed by atoms with Crippen molar-refractivity contribution in [1.29, 1.82) is 0 Å². The summed E-state index contributed by atoms with van der Waals surface area (Å²) in [5, 5.41) is 10.5. The lowest BCUT2D eigenvalue weighted by Crippen LogP contribution is -2.29. The van der Waals surface area contributed by atoms with Crippen LogP contribution < -0.4 is 5.32 Å². The summed E-state index contributed by atoms with van der Waals surface area (Å²) in [7, 11) is 0. The first-order valence-corrected chi connectivity index (χ1v) is 3.25. The number of carbonyl (C=O) groups excluding carboxylic acids is 1. The van der Waals surface area contributed by atoms with E-state index in [0.29, 0.717) is 6.61 Å². The number of carboxylic acids is 1. The van der Waals surface area contributed by atoms with Crippen LogP contribution in [-0.4, -0.2) is 36.7 Å². The molecule has 0 heterocycles. The molecule has 5 heteroatoms. The SMILES string of the molecule is CCOC(=O)CNCC(=O)O. The molecule has 0 aromatic heterocycles. The van der Waals surface area contributed by atoms with Crippen LogP contribution >= 0.6 is 0 Å². The number of carbonyl (C=O) groups is 2. The van der Waals surface area contributed by atoms with Crippen LogP contribution in [0.5, 0.6) is 0 Å². The molecule has 0 unspecified atom stereocenters. The highest BCUT2D eigenvalue weighted by Crippen LogP contribution is 1.74. The van der Waals surface area contributed by atoms with E-state index >= 15 is 0 Å². The van der Waals surface area contributed by atoms with Crippen molar-refractivity contribution >= 4 is 11.9 Å². The van der Waals surface area contributed by atoms with Gasteiger partial charge in [-0.3, -0.25) is 14.9 Å². The lowest BCUT2D eigenvalue weighted by molar-refractivity contribution is -0.142. The van der Waals surface area contributed by atoms with E-state index in [1.807, 2.05) is 0 Å². The molecule has 0 saturated heterocycles. The topological polar surface area (TPSA) is 75.6 Å². The van der Waals surface area contributed by atoms with E-state index in [-0.39, 0.29) is 13.1 Å². The fraction of sp³-hybridized carbons (Fsp3) is 0.667. The number of esters is 1. The van der Waals surface area contributed by atoms with Gasteiger partial charge in [-0.2, -0.15) is 0 Å². The second kappa shape index (κ2) is 5.67. The quantitative estimate of drug-likeness (QED) is 0.517. The Morgan fingerprint density at radius 1 is 1.45 bits per heavy atom. The molecule has 0 aromatic carbocycles. The van der Waals surface area contributed by atoms with Gasteiger partial charge in [0.15, 0.2) is 0 Å². The van der Waals surface area contributed by atoms with Crippen LogP contribution in [0, 0.1) is 0 Å². The Morgan fingerprint density at radius 2 is 2.09 bits per heavy atom. The predicted octanol–water partition coefficient (Wildman–Crippen LogP) is -0.776. The zero-order valence-corrected chi connectivity index (χ0v) is 6.29. The number of hydrogen-bond acceptors (Lipinski definition) is 4. The minimum atomic E-state index is -0.991. The Labute approximate surface area is 64.3 Å². The maximum Gasteiger partial charge on any atom is 0.319 e. The summed E-state index contributed by atoms with van der Waals surface area (Å²) in [6.45, 7) is 1.72. The molecule has 0 radical (unpaired) electrons. The molecule has 0 aliphatic heterocycles. The number of rotatable bonds is 5. The van der Waals surface area contributed by atoms with Gasteiger partial charge in [-0.1, -0.05) is 0 Å². The fourth-order valence-corrected chi connectivity index (χ4v) is 0.484. The molecule has 0 bridgehead atoms. The molecule has 0 saturated carbocycles. The van der Waals surface area contributed by atoms with Gasteiger partial charge in [0.25, 0.3) is 0 Å². The van der Waals surface area contributed by atoms with Crippen molar-refractivity contribution < 1.29 is 19.4 Å². The first-order chi connectivity index (χ1) is 5.16. The van der Waals surface area contributed by atoms with Gasteiger partial charge >= 0.3 is 11.9 Å². The second-order valence-corrected chi connectivity index (χ2v) is 1.80. The summed E-state index contributed by atoms with van der Waals surface area (Å²) in [6.07, 6.45) is 0. The highest BCUT2D eigenvalue weighted by Gasteiger charge is 2.01. The Balaban J connectivity index is 3.24. The van der Waals surface area contributed by atoms with Gasteiger partial charge in [-0.25, -0.2) is 0 Å². The summed E-state index contributed by atoms with van der Waals surface area (Å²) in [5.41, 5.74) is 0. The minimum Gasteiger partial charge on any atom is -0.480 e. The maximum absolute atomic E-state index is 10.5. The smallest absolute Gasteiger partial charge is 0.319 e. The highest BCUT2D eigenvalue weighted by atomic mass is 16.5. The van der Waals surface area contributed by atoms with E-state index in [2.05, 4.69) is 10.1 Å². The Bertz CT molecular complexity index is 146. The molecule has 0 spiro atoms. The van der Waals surface area contributed by atoms with Crippen LogP contribution in [0.4, 0.5) is 0 Å². The van der Waals surface area contributed by atoms with E-state index in [1.165, 1.54) is 0 Å². The first kappa shape index (κ1) is 9.90. The zero-order valence-electron chi connectivity index (χ0n) is 6.29. The third-order valence-corrected chi connectivity index (χ3v) is 0.851. The largest absolute Gasteiger partial charge is 0.480 e. The molecule has 0 aromatic rings.